The summed E-state index contributed by atoms with van der Waals surface area (Å²) < 4.78 is 16.8. The summed E-state index contributed by atoms with van der Waals surface area (Å²) in [6, 6.07) is 1.80. The third-order valence-corrected chi connectivity index (χ3v) is 5.00. The molecule has 0 atom stereocenters. The molecule has 1 spiro atoms. The lowest BCUT2D eigenvalue weighted by molar-refractivity contribution is -0.181. The van der Waals surface area contributed by atoms with E-state index in [-0.39, 0.29) is 5.91 Å². The van der Waals surface area contributed by atoms with Crippen LogP contribution in [-0.2, 0) is 14.2 Å². The van der Waals surface area contributed by atoms with E-state index in [1.165, 1.54) is 0 Å². The zero-order chi connectivity index (χ0) is 17.3. The van der Waals surface area contributed by atoms with Gasteiger partial charge in [0, 0.05) is 45.1 Å². The molecule has 1 aromatic heterocycles. The van der Waals surface area contributed by atoms with Crippen molar-refractivity contribution in [1.82, 2.24) is 14.9 Å². The molecule has 8 heteroatoms. The molecule has 3 aliphatic rings. The number of rotatable bonds is 2. The highest BCUT2D eigenvalue weighted by Gasteiger charge is 2.41. The van der Waals surface area contributed by atoms with Gasteiger partial charge in [0.25, 0.3) is 5.91 Å². The van der Waals surface area contributed by atoms with Gasteiger partial charge in [-0.3, -0.25) is 4.79 Å². The molecule has 3 saturated heterocycles. The average Bonchev–Trinajstić information content (AvgIpc) is 3.10. The number of ether oxygens (including phenoxy) is 3. The van der Waals surface area contributed by atoms with Crippen LogP contribution in [0.5, 0.6) is 0 Å². The second-order valence-corrected chi connectivity index (χ2v) is 6.66. The maximum Gasteiger partial charge on any atom is 0.272 e. The van der Waals surface area contributed by atoms with Crippen LogP contribution >= 0.6 is 0 Å². The number of hydrogen-bond acceptors (Lipinski definition) is 7. The number of nitrogens with zero attached hydrogens (tertiary/aromatic N) is 4. The Balaban J connectivity index is 1.47. The van der Waals surface area contributed by atoms with Gasteiger partial charge in [0.15, 0.2) is 5.79 Å². The summed E-state index contributed by atoms with van der Waals surface area (Å²) in [5.74, 6) is 0.892. The van der Waals surface area contributed by atoms with Crippen molar-refractivity contribution in [2.75, 3.05) is 57.5 Å². The summed E-state index contributed by atoms with van der Waals surface area (Å²) in [4.78, 5) is 25.7. The molecule has 4 heterocycles. The van der Waals surface area contributed by atoms with E-state index in [1.807, 2.05) is 11.8 Å². The molecule has 0 radical (unpaired) electrons. The smallest absolute Gasteiger partial charge is 0.272 e. The predicted octanol–water partition coefficient (Wildman–Crippen LogP) is 0.601. The Morgan fingerprint density at radius 1 is 1.04 bits per heavy atom. The molecule has 136 valence electrons. The largest absolute Gasteiger partial charge is 0.378 e. The first-order chi connectivity index (χ1) is 12.2. The summed E-state index contributed by atoms with van der Waals surface area (Å²) in [6.45, 7) is 7.27. The first-order valence-corrected chi connectivity index (χ1v) is 8.91. The molecule has 1 amide bonds. The first kappa shape index (κ1) is 16.7. The summed E-state index contributed by atoms with van der Waals surface area (Å²) in [7, 11) is 0. The Labute approximate surface area is 147 Å². The third-order valence-electron chi connectivity index (χ3n) is 5.00. The number of carbonyl (C=O) groups is 1. The zero-order valence-electron chi connectivity index (χ0n) is 14.6. The van der Waals surface area contributed by atoms with Crippen LogP contribution in [0.3, 0.4) is 0 Å². The fraction of sp³-hybridized carbons (Fsp3) is 0.706. The fourth-order valence-electron chi connectivity index (χ4n) is 3.61. The van der Waals surface area contributed by atoms with Crippen molar-refractivity contribution >= 4 is 11.7 Å². The van der Waals surface area contributed by atoms with Gasteiger partial charge in [-0.05, 0) is 6.92 Å². The van der Waals surface area contributed by atoms with Crippen molar-refractivity contribution in [2.45, 2.75) is 25.6 Å². The molecule has 3 fully saturated rings. The molecule has 0 saturated carbocycles. The first-order valence-electron chi connectivity index (χ1n) is 8.91. The number of morpholine rings is 1. The van der Waals surface area contributed by atoms with Gasteiger partial charge in [-0.15, -0.1) is 0 Å². The van der Waals surface area contributed by atoms with Crippen molar-refractivity contribution in [3.8, 4) is 0 Å². The molecule has 0 aliphatic carbocycles. The summed E-state index contributed by atoms with van der Waals surface area (Å²) >= 11 is 0. The summed E-state index contributed by atoms with van der Waals surface area (Å²) in [5.41, 5.74) is 0.457. The molecular formula is C17H24N4O4. The monoisotopic (exact) mass is 348 g/mol. The molecule has 4 rings (SSSR count). The minimum Gasteiger partial charge on any atom is -0.378 e. The highest BCUT2D eigenvalue weighted by atomic mass is 16.7. The average molecular weight is 348 g/mol. The van der Waals surface area contributed by atoms with Crippen molar-refractivity contribution in [3.05, 3.63) is 17.6 Å². The minimum absolute atomic E-state index is 0.0483. The summed E-state index contributed by atoms with van der Waals surface area (Å²) in [6.07, 6.45) is 1.41. The molecule has 0 aromatic carbocycles. The van der Waals surface area contributed by atoms with Crippen molar-refractivity contribution in [2.24, 2.45) is 0 Å². The van der Waals surface area contributed by atoms with E-state index in [0.29, 0.717) is 63.9 Å². The van der Waals surface area contributed by atoms with E-state index < -0.39 is 5.79 Å². The highest BCUT2D eigenvalue weighted by molar-refractivity contribution is 5.93. The predicted molar refractivity (Wildman–Crippen MR) is 89.6 cm³/mol. The van der Waals surface area contributed by atoms with E-state index in [4.69, 9.17) is 14.2 Å². The molecule has 0 unspecified atom stereocenters. The van der Waals surface area contributed by atoms with Gasteiger partial charge in [-0.1, -0.05) is 0 Å². The lowest BCUT2D eigenvalue weighted by Gasteiger charge is -2.37. The van der Waals surface area contributed by atoms with E-state index >= 15 is 0 Å². The number of aromatic nitrogens is 2. The molecule has 25 heavy (non-hydrogen) atoms. The molecular weight excluding hydrogens is 324 g/mol. The fourth-order valence-corrected chi connectivity index (χ4v) is 3.61. The molecule has 3 aliphatic heterocycles. The van der Waals surface area contributed by atoms with Gasteiger partial charge in [0.1, 0.15) is 17.3 Å². The van der Waals surface area contributed by atoms with Gasteiger partial charge in [0.05, 0.1) is 26.4 Å². The van der Waals surface area contributed by atoms with Gasteiger partial charge in [-0.2, -0.15) is 0 Å². The molecule has 0 N–H and O–H groups in total. The lowest BCUT2D eigenvalue weighted by atomic mass is 10.0. The summed E-state index contributed by atoms with van der Waals surface area (Å²) in [5, 5.41) is 0. The van der Waals surface area contributed by atoms with Crippen LogP contribution in [0.25, 0.3) is 0 Å². The Bertz CT molecular complexity index is 632. The number of hydrogen-bond donors (Lipinski definition) is 0. The molecule has 1 aromatic rings. The highest BCUT2D eigenvalue weighted by Crippen LogP contribution is 2.31. The van der Waals surface area contributed by atoms with E-state index in [2.05, 4.69) is 14.9 Å². The Morgan fingerprint density at radius 2 is 1.72 bits per heavy atom. The van der Waals surface area contributed by atoms with E-state index in [1.54, 1.807) is 6.07 Å². The Hall–Kier alpha value is -1.77. The van der Waals surface area contributed by atoms with Gasteiger partial charge >= 0.3 is 0 Å². The third kappa shape index (κ3) is 3.47. The maximum atomic E-state index is 12.9. The van der Waals surface area contributed by atoms with Crippen LogP contribution < -0.4 is 4.90 Å². The van der Waals surface area contributed by atoms with Crippen molar-refractivity contribution < 1.29 is 19.0 Å². The number of carbonyl (C=O) groups excluding carboxylic acids is 1. The second kappa shape index (κ2) is 6.86. The van der Waals surface area contributed by atoms with Gasteiger partial charge in [-0.25, -0.2) is 9.97 Å². The van der Waals surface area contributed by atoms with Crippen LogP contribution in [0.15, 0.2) is 6.07 Å². The van der Waals surface area contributed by atoms with Crippen molar-refractivity contribution in [3.63, 3.8) is 0 Å². The van der Waals surface area contributed by atoms with E-state index in [9.17, 15) is 4.79 Å². The quantitative estimate of drug-likeness (QED) is 0.774. The molecule has 8 nitrogen and oxygen atoms in total. The normalized spacial score (nSPS) is 23.2. The standard InChI is InChI=1S/C17H24N4O4/c1-13-18-14(12-15(19-13)20-6-8-23-9-7-20)16(22)21-4-2-17(3-5-21)24-10-11-25-17/h12H,2-11H2,1H3. The van der Waals surface area contributed by atoms with Crippen LogP contribution in [0, 0.1) is 6.92 Å². The minimum atomic E-state index is -0.475. The zero-order valence-corrected chi connectivity index (χ0v) is 14.6. The van der Waals surface area contributed by atoms with Gasteiger partial charge < -0.3 is 24.0 Å². The Morgan fingerprint density at radius 3 is 2.40 bits per heavy atom. The van der Waals surface area contributed by atoms with Gasteiger partial charge in [0.2, 0.25) is 0 Å². The van der Waals surface area contributed by atoms with Crippen molar-refractivity contribution in [1.29, 1.82) is 0 Å². The van der Waals surface area contributed by atoms with Crippen LogP contribution in [0.4, 0.5) is 5.82 Å². The number of piperidine rings is 1. The number of amides is 1. The Kier molecular flexibility index (Phi) is 4.58. The topological polar surface area (TPSA) is 77.0 Å². The molecule has 0 bridgehead atoms. The van der Waals surface area contributed by atoms with Crippen LogP contribution in [0.2, 0.25) is 0 Å². The maximum absolute atomic E-state index is 12.9. The number of anilines is 1. The number of aryl methyl sites for hydroxylation is 1. The van der Waals surface area contributed by atoms with Crippen LogP contribution in [-0.4, -0.2) is 79.2 Å². The van der Waals surface area contributed by atoms with Crippen LogP contribution in [0.1, 0.15) is 29.2 Å². The SMILES string of the molecule is Cc1nc(C(=O)N2CCC3(CC2)OCCO3)cc(N2CCOCC2)n1. The number of likely N-dealkylation sites (tertiary alicyclic amines) is 1. The second-order valence-electron chi connectivity index (χ2n) is 6.66. The lowest BCUT2D eigenvalue weighted by Crippen LogP contribution is -2.47. The van der Waals surface area contributed by atoms with E-state index in [0.717, 1.165) is 18.9 Å².